The topological polar surface area (TPSA) is 60.2 Å². The van der Waals surface area contributed by atoms with Crippen molar-refractivity contribution in [1.82, 2.24) is 4.98 Å². The van der Waals surface area contributed by atoms with Crippen molar-refractivity contribution in [2.45, 2.75) is 12.6 Å². The molecule has 1 aromatic rings. The van der Waals surface area contributed by atoms with Gasteiger partial charge >= 0.3 is 6.18 Å². The second-order valence-corrected chi connectivity index (χ2v) is 3.44. The molecule has 0 saturated carbocycles. The van der Waals surface area contributed by atoms with Gasteiger partial charge in [-0.15, -0.1) is 0 Å². The maximum atomic E-state index is 12.5. The fourth-order valence-electron chi connectivity index (χ4n) is 1.24. The zero-order valence-corrected chi connectivity index (χ0v) is 9.34. The molecule has 0 aromatic carbocycles. The highest BCUT2D eigenvalue weighted by atomic mass is 19.4. The van der Waals surface area contributed by atoms with Gasteiger partial charge in [-0.1, -0.05) is 0 Å². The second kappa shape index (κ2) is 5.72. The molecule has 0 radical (unpaired) electrons. The van der Waals surface area contributed by atoms with Crippen LogP contribution in [-0.2, 0) is 10.9 Å². The minimum Gasteiger partial charge on any atom is -0.385 e. The van der Waals surface area contributed by atoms with Crippen LogP contribution in [0.3, 0.4) is 0 Å². The molecule has 0 saturated heterocycles. The van der Waals surface area contributed by atoms with Gasteiger partial charge in [-0.25, -0.2) is 4.98 Å². The summed E-state index contributed by atoms with van der Waals surface area (Å²) in [4.78, 5) is 3.77. The number of nitrogens with two attached hydrogens (primary N) is 1. The van der Waals surface area contributed by atoms with Crippen LogP contribution in [0.25, 0.3) is 0 Å². The molecular weight excluding hydrogens is 235 g/mol. The molecule has 0 amide bonds. The first-order valence-corrected chi connectivity index (χ1v) is 5.01. The largest absolute Gasteiger partial charge is 0.416 e. The number of hydrogen-bond acceptors (Lipinski definition) is 4. The molecule has 0 unspecified atom stereocenters. The van der Waals surface area contributed by atoms with Gasteiger partial charge in [-0.3, -0.25) is 0 Å². The smallest absolute Gasteiger partial charge is 0.385 e. The van der Waals surface area contributed by atoms with E-state index < -0.39 is 11.7 Å². The third-order valence-corrected chi connectivity index (χ3v) is 2.00. The van der Waals surface area contributed by atoms with Gasteiger partial charge in [-0.05, 0) is 18.6 Å². The van der Waals surface area contributed by atoms with Crippen LogP contribution in [0.1, 0.15) is 12.0 Å². The minimum absolute atomic E-state index is 0.119. The molecule has 1 aromatic heterocycles. The lowest BCUT2D eigenvalue weighted by Gasteiger charge is -2.11. The number of nitrogens with zero attached hydrogens (tertiary/aromatic N) is 1. The van der Waals surface area contributed by atoms with Crippen molar-refractivity contribution in [1.29, 1.82) is 0 Å². The van der Waals surface area contributed by atoms with Crippen molar-refractivity contribution in [2.24, 2.45) is 0 Å². The van der Waals surface area contributed by atoms with Crippen LogP contribution in [-0.4, -0.2) is 25.2 Å². The van der Waals surface area contributed by atoms with E-state index in [1.165, 1.54) is 0 Å². The number of alkyl halides is 3. The van der Waals surface area contributed by atoms with E-state index in [-0.39, 0.29) is 11.6 Å². The summed E-state index contributed by atoms with van der Waals surface area (Å²) in [7, 11) is 1.56. The summed E-state index contributed by atoms with van der Waals surface area (Å²) < 4.78 is 42.2. The fraction of sp³-hybridized carbons (Fsp3) is 0.500. The predicted molar refractivity (Wildman–Crippen MR) is 58.6 cm³/mol. The van der Waals surface area contributed by atoms with Crippen LogP contribution >= 0.6 is 0 Å². The van der Waals surface area contributed by atoms with E-state index in [1.54, 1.807) is 7.11 Å². The molecule has 0 fully saturated rings. The van der Waals surface area contributed by atoms with Gasteiger partial charge in [0.25, 0.3) is 0 Å². The summed E-state index contributed by atoms with van der Waals surface area (Å²) in [6.45, 7) is 1.00. The Bertz CT molecular complexity index is 368. The second-order valence-electron chi connectivity index (χ2n) is 3.44. The van der Waals surface area contributed by atoms with Crippen molar-refractivity contribution >= 4 is 11.6 Å². The molecular formula is C10H14F3N3O. The number of methoxy groups -OCH3 is 1. The Morgan fingerprint density at radius 2 is 2.12 bits per heavy atom. The summed E-state index contributed by atoms with van der Waals surface area (Å²) in [6.07, 6.45) is -3.74. The Labute approximate surface area is 97.0 Å². The summed E-state index contributed by atoms with van der Waals surface area (Å²) in [5.41, 5.74) is 4.50. The molecule has 0 aliphatic carbocycles. The number of anilines is 2. The van der Waals surface area contributed by atoms with Gasteiger partial charge in [0.05, 0.1) is 5.56 Å². The van der Waals surface area contributed by atoms with Crippen molar-refractivity contribution in [3.05, 3.63) is 17.7 Å². The van der Waals surface area contributed by atoms with Crippen LogP contribution in [0.2, 0.25) is 0 Å². The molecule has 7 heteroatoms. The summed E-state index contributed by atoms with van der Waals surface area (Å²) >= 11 is 0. The van der Waals surface area contributed by atoms with Crippen LogP contribution in [0.15, 0.2) is 12.1 Å². The normalized spacial score (nSPS) is 11.5. The van der Waals surface area contributed by atoms with Gasteiger partial charge in [0.2, 0.25) is 0 Å². The molecule has 0 aliphatic rings. The lowest BCUT2D eigenvalue weighted by atomic mass is 10.2. The quantitative estimate of drug-likeness (QED) is 0.785. The zero-order chi connectivity index (χ0) is 12.9. The van der Waals surface area contributed by atoms with E-state index in [2.05, 4.69) is 10.3 Å². The van der Waals surface area contributed by atoms with E-state index in [0.29, 0.717) is 19.6 Å². The summed E-state index contributed by atoms with van der Waals surface area (Å²) in [5, 5.41) is 2.76. The standard InChI is InChI=1S/C10H14F3N3O/c1-17-4-2-3-15-9-6-7(10(11,12)13)5-8(14)16-9/h5-6H,2-4H2,1H3,(H3,14,15,16). The first-order valence-electron chi connectivity index (χ1n) is 5.01. The van der Waals surface area contributed by atoms with Gasteiger partial charge in [0.15, 0.2) is 0 Å². The Balaban J connectivity index is 2.69. The maximum Gasteiger partial charge on any atom is 0.416 e. The molecule has 0 aliphatic heterocycles. The molecule has 0 spiro atoms. The van der Waals surface area contributed by atoms with Gasteiger partial charge in [0.1, 0.15) is 11.6 Å². The van der Waals surface area contributed by atoms with Gasteiger partial charge in [0, 0.05) is 20.3 Å². The Morgan fingerprint density at radius 1 is 1.41 bits per heavy atom. The third kappa shape index (κ3) is 4.48. The Hall–Kier alpha value is -1.50. The van der Waals surface area contributed by atoms with E-state index in [9.17, 15) is 13.2 Å². The summed E-state index contributed by atoms with van der Waals surface area (Å²) in [5.74, 6) is -0.0394. The first kappa shape index (κ1) is 13.6. The Kier molecular flexibility index (Phi) is 4.56. The monoisotopic (exact) mass is 249 g/mol. The molecule has 0 atom stereocenters. The van der Waals surface area contributed by atoms with Gasteiger partial charge in [-0.2, -0.15) is 13.2 Å². The molecule has 1 heterocycles. The average Bonchev–Trinajstić information content (AvgIpc) is 2.22. The van der Waals surface area contributed by atoms with Crippen molar-refractivity contribution < 1.29 is 17.9 Å². The predicted octanol–water partition coefficient (Wildman–Crippen LogP) is 2.13. The molecule has 1 rings (SSSR count). The van der Waals surface area contributed by atoms with Crippen LogP contribution in [0, 0.1) is 0 Å². The SMILES string of the molecule is COCCCNc1cc(C(F)(F)F)cc(N)n1. The lowest BCUT2D eigenvalue weighted by Crippen LogP contribution is -2.11. The number of aromatic nitrogens is 1. The van der Waals surface area contributed by atoms with E-state index in [1.807, 2.05) is 0 Å². The van der Waals surface area contributed by atoms with Gasteiger partial charge < -0.3 is 15.8 Å². The number of hydrogen-bond donors (Lipinski definition) is 2. The highest BCUT2D eigenvalue weighted by Gasteiger charge is 2.31. The van der Waals surface area contributed by atoms with Crippen molar-refractivity contribution in [3.8, 4) is 0 Å². The van der Waals surface area contributed by atoms with Crippen LogP contribution in [0.4, 0.5) is 24.8 Å². The molecule has 17 heavy (non-hydrogen) atoms. The van der Waals surface area contributed by atoms with E-state index >= 15 is 0 Å². The third-order valence-electron chi connectivity index (χ3n) is 2.00. The highest BCUT2D eigenvalue weighted by molar-refractivity contribution is 5.47. The fourth-order valence-corrected chi connectivity index (χ4v) is 1.24. The molecule has 4 nitrogen and oxygen atoms in total. The van der Waals surface area contributed by atoms with E-state index in [4.69, 9.17) is 10.5 Å². The number of ether oxygens (including phenoxy) is 1. The number of pyridine rings is 1. The summed E-state index contributed by atoms with van der Waals surface area (Å²) in [6, 6.07) is 1.74. The first-order chi connectivity index (χ1) is 7.93. The number of rotatable bonds is 5. The minimum atomic E-state index is -4.42. The highest BCUT2D eigenvalue weighted by Crippen LogP contribution is 2.31. The number of nitrogen functional groups attached to an aromatic ring is 1. The molecule has 96 valence electrons. The van der Waals surface area contributed by atoms with Crippen molar-refractivity contribution in [3.63, 3.8) is 0 Å². The molecule has 3 N–H and O–H groups in total. The maximum absolute atomic E-state index is 12.5. The van der Waals surface area contributed by atoms with E-state index in [0.717, 1.165) is 12.1 Å². The lowest BCUT2D eigenvalue weighted by molar-refractivity contribution is -0.137. The zero-order valence-electron chi connectivity index (χ0n) is 9.34. The average molecular weight is 249 g/mol. The van der Waals surface area contributed by atoms with Crippen LogP contribution < -0.4 is 11.1 Å². The Morgan fingerprint density at radius 3 is 2.71 bits per heavy atom. The van der Waals surface area contributed by atoms with Crippen LogP contribution in [0.5, 0.6) is 0 Å². The number of nitrogens with one attached hydrogen (secondary N) is 1. The van der Waals surface area contributed by atoms with Crippen molar-refractivity contribution in [2.75, 3.05) is 31.3 Å². The molecule has 0 bridgehead atoms. The number of halogens is 3.